The van der Waals surface area contributed by atoms with Gasteiger partial charge in [-0.05, 0) is 30.7 Å². The van der Waals surface area contributed by atoms with Gasteiger partial charge in [-0.3, -0.25) is 0 Å². The average molecular weight is 223 g/mol. The number of likely N-dealkylation sites (N-methyl/N-ethyl adjacent to an activating group) is 1. The van der Waals surface area contributed by atoms with Crippen LogP contribution in [0.15, 0.2) is 30.4 Å². The lowest BCUT2D eigenvalue weighted by Gasteiger charge is -2.10. The first-order valence-corrected chi connectivity index (χ1v) is 5.40. The van der Waals surface area contributed by atoms with E-state index < -0.39 is 0 Å². The number of benzene rings is 1. The van der Waals surface area contributed by atoms with Crippen LogP contribution in [0.3, 0.4) is 0 Å². The van der Waals surface area contributed by atoms with E-state index in [4.69, 9.17) is 4.74 Å². The molecule has 1 aromatic carbocycles. The molecule has 0 heterocycles. The molecule has 0 spiro atoms. The van der Waals surface area contributed by atoms with E-state index in [1.54, 1.807) is 25.1 Å². The van der Waals surface area contributed by atoms with Crippen molar-refractivity contribution in [3.05, 3.63) is 41.7 Å². The molecule has 0 radical (unpaired) electrons. The van der Waals surface area contributed by atoms with Crippen LogP contribution in [-0.2, 0) is 0 Å². The van der Waals surface area contributed by atoms with Gasteiger partial charge < -0.3 is 10.1 Å². The molecule has 0 atom stereocenters. The Hall–Kier alpha value is -1.35. The Labute approximate surface area is 96.1 Å². The van der Waals surface area contributed by atoms with E-state index in [1.165, 1.54) is 0 Å². The highest BCUT2D eigenvalue weighted by Crippen LogP contribution is 2.19. The fraction of sp³-hybridized carbons (Fsp3) is 0.385. The number of ether oxygens (including phenoxy) is 1. The van der Waals surface area contributed by atoms with Crippen molar-refractivity contribution in [3.63, 3.8) is 0 Å². The van der Waals surface area contributed by atoms with Crippen molar-refractivity contribution in [1.82, 2.24) is 5.32 Å². The lowest BCUT2D eigenvalue weighted by Crippen LogP contribution is -2.19. The molecule has 88 valence electrons. The van der Waals surface area contributed by atoms with Gasteiger partial charge in [0, 0.05) is 6.54 Å². The van der Waals surface area contributed by atoms with Crippen LogP contribution >= 0.6 is 0 Å². The maximum atomic E-state index is 13.5. The van der Waals surface area contributed by atoms with Gasteiger partial charge in [-0.25, -0.2) is 4.39 Å². The maximum absolute atomic E-state index is 13.5. The highest BCUT2D eigenvalue weighted by molar-refractivity contribution is 5.30. The van der Waals surface area contributed by atoms with Crippen LogP contribution < -0.4 is 10.1 Å². The largest absolute Gasteiger partial charge is 0.486 e. The topological polar surface area (TPSA) is 21.3 Å². The Morgan fingerprint density at radius 2 is 2.25 bits per heavy atom. The van der Waals surface area contributed by atoms with E-state index in [2.05, 4.69) is 11.9 Å². The predicted molar refractivity (Wildman–Crippen MR) is 64.3 cm³/mol. The van der Waals surface area contributed by atoms with Crippen LogP contribution in [0, 0.1) is 12.7 Å². The molecule has 2 nitrogen and oxygen atoms in total. The summed E-state index contributed by atoms with van der Waals surface area (Å²) >= 11 is 0. The Kier molecular flexibility index (Phi) is 4.99. The molecule has 0 aliphatic carbocycles. The molecule has 0 saturated heterocycles. The molecule has 0 fully saturated rings. The Morgan fingerprint density at radius 1 is 1.50 bits per heavy atom. The third-order valence-electron chi connectivity index (χ3n) is 2.21. The van der Waals surface area contributed by atoms with E-state index in [1.807, 2.05) is 6.92 Å². The van der Waals surface area contributed by atoms with Gasteiger partial charge in [-0.15, -0.1) is 0 Å². The highest BCUT2D eigenvalue weighted by Gasteiger charge is 2.05. The zero-order valence-electron chi connectivity index (χ0n) is 9.85. The zero-order chi connectivity index (χ0) is 12.0. The summed E-state index contributed by atoms with van der Waals surface area (Å²) in [6.45, 7) is 9.52. The van der Waals surface area contributed by atoms with Gasteiger partial charge in [0.25, 0.3) is 0 Å². The molecule has 1 rings (SSSR count). The second kappa shape index (κ2) is 6.28. The van der Waals surface area contributed by atoms with E-state index in [-0.39, 0.29) is 11.6 Å². The smallest absolute Gasteiger partial charge is 0.167 e. The minimum Gasteiger partial charge on any atom is -0.486 e. The fourth-order valence-corrected chi connectivity index (χ4v) is 1.26. The van der Waals surface area contributed by atoms with Gasteiger partial charge in [0.1, 0.15) is 6.61 Å². The predicted octanol–water partition coefficient (Wildman–Crippen LogP) is 2.68. The number of hydrogen-bond donors (Lipinski definition) is 1. The summed E-state index contributed by atoms with van der Waals surface area (Å²) in [7, 11) is 0. The molecule has 0 unspecified atom stereocenters. The zero-order valence-corrected chi connectivity index (χ0v) is 9.85. The molecular weight excluding hydrogens is 205 g/mol. The first kappa shape index (κ1) is 12.7. The first-order valence-electron chi connectivity index (χ1n) is 5.40. The summed E-state index contributed by atoms with van der Waals surface area (Å²) in [4.78, 5) is 0. The van der Waals surface area contributed by atoms with Gasteiger partial charge in [0.05, 0.1) is 0 Å². The second-order valence-electron chi connectivity index (χ2n) is 3.71. The number of nitrogens with one attached hydrogen (secondary N) is 1. The van der Waals surface area contributed by atoms with Gasteiger partial charge in [0.15, 0.2) is 11.6 Å². The van der Waals surface area contributed by atoms with Crippen molar-refractivity contribution in [3.8, 4) is 5.75 Å². The van der Waals surface area contributed by atoms with Crippen molar-refractivity contribution in [2.45, 2.75) is 13.8 Å². The number of aryl methyl sites for hydroxylation is 1. The normalized spacial score (nSPS) is 10.2. The van der Waals surface area contributed by atoms with Gasteiger partial charge >= 0.3 is 0 Å². The van der Waals surface area contributed by atoms with Crippen molar-refractivity contribution >= 4 is 0 Å². The van der Waals surface area contributed by atoms with Crippen molar-refractivity contribution in [2.24, 2.45) is 0 Å². The highest BCUT2D eigenvalue weighted by atomic mass is 19.1. The van der Waals surface area contributed by atoms with Crippen molar-refractivity contribution in [1.29, 1.82) is 0 Å². The third-order valence-corrected chi connectivity index (χ3v) is 2.21. The maximum Gasteiger partial charge on any atom is 0.167 e. The minimum absolute atomic E-state index is 0.289. The summed E-state index contributed by atoms with van der Waals surface area (Å²) in [6, 6.07) is 5.12. The Balaban J connectivity index is 2.48. The van der Waals surface area contributed by atoms with E-state index in [0.717, 1.165) is 12.1 Å². The lowest BCUT2D eigenvalue weighted by atomic mass is 10.2. The van der Waals surface area contributed by atoms with E-state index in [0.29, 0.717) is 18.7 Å². The molecule has 0 bridgehead atoms. The standard InChI is InChI=1S/C13H18FNO/c1-4-15-8-10(2)9-16-12-7-5-6-11(3)13(12)14/h5-7,15H,2,4,8-9H2,1,3H3. The van der Waals surface area contributed by atoms with Gasteiger partial charge in [-0.1, -0.05) is 25.6 Å². The number of rotatable bonds is 6. The van der Waals surface area contributed by atoms with Gasteiger partial charge in [-0.2, -0.15) is 0 Å². The molecule has 0 aliphatic rings. The molecule has 1 aromatic rings. The van der Waals surface area contributed by atoms with E-state index in [9.17, 15) is 4.39 Å². The molecule has 0 amide bonds. The quantitative estimate of drug-likeness (QED) is 0.749. The van der Waals surface area contributed by atoms with Crippen LogP contribution in [0.1, 0.15) is 12.5 Å². The molecule has 0 aromatic heterocycles. The summed E-state index contributed by atoms with van der Waals surface area (Å²) in [5.41, 5.74) is 1.50. The molecule has 1 N–H and O–H groups in total. The van der Waals surface area contributed by atoms with Crippen LogP contribution in [0.25, 0.3) is 0 Å². The Morgan fingerprint density at radius 3 is 2.94 bits per heavy atom. The van der Waals surface area contributed by atoms with Crippen LogP contribution in [0.5, 0.6) is 5.75 Å². The SMILES string of the molecule is C=C(CNCC)COc1cccc(C)c1F. The third kappa shape index (κ3) is 3.66. The summed E-state index contributed by atoms with van der Waals surface area (Å²) in [6.07, 6.45) is 0. The summed E-state index contributed by atoms with van der Waals surface area (Å²) in [5.74, 6) is -0.00333. The molecule has 0 saturated carbocycles. The van der Waals surface area contributed by atoms with E-state index >= 15 is 0 Å². The molecule has 16 heavy (non-hydrogen) atoms. The number of halogens is 1. The van der Waals surface area contributed by atoms with Gasteiger partial charge in [0.2, 0.25) is 0 Å². The second-order valence-corrected chi connectivity index (χ2v) is 3.71. The van der Waals surface area contributed by atoms with Crippen LogP contribution in [0.4, 0.5) is 4.39 Å². The fourth-order valence-electron chi connectivity index (χ4n) is 1.26. The summed E-state index contributed by atoms with van der Waals surface area (Å²) < 4.78 is 18.9. The van der Waals surface area contributed by atoms with Crippen LogP contribution in [-0.4, -0.2) is 19.7 Å². The minimum atomic E-state index is -0.293. The molecular formula is C13H18FNO. The van der Waals surface area contributed by atoms with Crippen molar-refractivity contribution < 1.29 is 9.13 Å². The first-order chi connectivity index (χ1) is 7.65. The molecule has 0 aliphatic heterocycles. The van der Waals surface area contributed by atoms with Crippen LogP contribution in [0.2, 0.25) is 0 Å². The van der Waals surface area contributed by atoms with Crippen molar-refractivity contribution in [2.75, 3.05) is 19.7 Å². The monoisotopic (exact) mass is 223 g/mol. The Bertz CT molecular complexity index is 363. The summed E-state index contributed by atoms with van der Waals surface area (Å²) in [5, 5.41) is 3.14. The average Bonchev–Trinajstić information content (AvgIpc) is 2.28. The molecule has 3 heteroatoms. The lowest BCUT2D eigenvalue weighted by molar-refractivity contribution is 0.328. The number of hydrogen-bond acceptors (Lipinski definition) is 2.